The van der Waals surface area contributed by atoms with Crippen LogP contribution in [0.25, 0.3) is 0 Å². The Bertz CT molecular complexity index is 834. The first-order valence-corrected chi connectivity index (χ1v) is 8.92. The van der Waals surface area contributed by atoms with E-state index < -0.39 is 0 Å². The molecule has 3 aromatic carbocycles. The van der Waals surface area contributed by atoms with E-state index in [0.717, 1.165) is 26.1 Å². The van der Waals surface area contributed by atoms with Gasteiger partial charge in [0, 0.05) is 38.1 Å². The van der Waals surface area contributed by atoms with Crippen LogP contribution < -0.4 is 5.32 Å². The summed E-state index contributed by atoms with van der Waals surface area (Å²) in [5, 5.41) is 14.1. The SMILES string of the molecule is Oc1cc(Cl)cc(NCc2ccccc2Sc2cccc(Cl)c2)c1. The van der Waals surface area contributed by atoms with Crippen LogP contribution in [0, 0.1) is 0 Å². The van der Waals surface area contributed by atoms with E-state index in [-0.39, 0.29) is 5.75 Å². The predicted octanol–water partition coefficient (Wildman–Crippen LogP) is 6.46. The second kappa shape index (κ2) is 7.84. The van der Waals surface area contributed by atoms with Gasteiger partial charge in [-0.1, -0.05) is 59.2 Å². The normalized spacial score (nSPS) is 10.6. The molecule has 0 spiro atoms. The Morgan fingerprint density at radius 1 is 0.875 bits per heavy atom. The summed E-state index contributed by atoms with van der Waals surface area (Å²) in [6, 6.07) is 20.9. The zero-order valence-electron chi connectivity index (χ0n) is 12.7. The lowest BCUT2D eigenvalue weighted by Gasteiger charge is -2.12. The molecule has 2 N–H and O–H groups in total. The zero-order valence-corrected chi connectivity index (χ0v) is 15.0. The minimum Gasteiger partial charge on any atom is -0.508 e. The summed E-state index contributed by atoms with van der Waals surface area (Å²) in [5.41, 5.74) is 1.93. The van der Waals surface area contributed by atoms with E-state index in [2.05, 4.69) is 17.4 Å². The molecule has 122 valence electrons. The summed E-state index contributed by atoms with van der Waals surface area (Å²) < 4.78 is 0. The monoisotopic (exact) mass is 375 g/mol. The van der Waals surface area contributed by atoms with Crippen molar-refractivity contribution in [3.63, 3.8) is 0 Å². The van der Waals surface area contributed by atoms with Crippen molar-refractivity contribution >= 4 is 40.7 Å². The number of hydrogen-bond donors (Lipinski definition) is 2. The zero-order chi connectivity index (χ0) is 16.9. The van der Waals surface area contributed by atoms with E-state index in [4.69, 9.17) is 23.2 Å². The standard InChI is InChI=1S/C19H15Cl2NOS/c20-14-5-3-6-18(10-14)24-19-7-2-1-4-13(19)12-22-16-8-15(21)9-17(23)11-16/h1-11,22-23H,12H2. The molecule has 0 bridgehead atoms. The number of anilines is 1. The molecule has 0 atom stereocenters. The second-order valence-electron chi connectivity index (χ2n) is 5.22. The fraction of sp³-hybridized carbons (Fsp3) is 0.0526. The lowest BCUT2D eigenvalue weighted by atomic mass is 10.2. The van der Waals surface area contributed by atoms with Crippen molar-refractivity contribution in [1.82, 2.24) is 0 Å². The maximum absolute atomic E-state index is 9.63. The van der Waals surface area contributed by atoms with Crippen LogP contribution in [0.15, 0.2) is 76.5 Å². The molecule has 0 heterocycles. The smallest absolute Gasteiger partial charge is 0.119 e. The van der Waals surface area contributed by atoms with E-state index in [1.807, 2.05) is 36.4 Å². The van der Waals surface area contributed by atoms with Crippen LogP contribution in [0.3, 0.4) is 0 Å². The molecule has 0 amide bonds. The van der Waals surface area contributed by atoms with Gasteiger partial charge in [-0.2, -0.15) is 0 Å². The molecule has 0 aliphatic heterocycles. The number of halogens is 2. The third kappa shape index (κ3) is 4.60. The molecule has 0 saturated heterocycles. The molecular formula is C19H15Cl2NOS. The molecule has 0 radical (unpaired) electrons. The highest BCUT2D eigenvalue weighted by molar-refractivity contribution is 7.99. The number of rotatable bonds is 5. The van der Waals surface area contributed by atoms with Crippen LogP contribution in [-0.4, -0.2) is 5.11 Å². The quantitative estimate of drug-likeness (QED) is 0.536. The largest absolute Gasteiger partial charge is 0.508 e. The Morgan fingerprint density at radius 2 is 1.71 bits per heavy atom. The first kappa shape index (κ1) is 17.0. The summed E-state index contributed by atoms with van der Waals surface area (Å²) in [4.78, 5) is 2.24. The Labute approximate surface area is 155 Å². The molecule has 0 saturated carbocycles. The summed E-state index contributed by atoms with van der Waals surface area (Å²) in [7, 11) is 0. The number of hydrogen-bond acceptors (Lipinski definition) is 3. The molecule has 0 aliphatic carbocycles. The van der Waals surface area contributed by atoms with Crippen molar-refractivity contribution < 1.29 is 5.11 Å². The fourth-order valence-corrected chi connectivity index (χ4v) is 3.77. The maximum atomic E-state index is 9.63. The lowest BCUT2D eigenvalue weighted by Crippen LogP contribution is -2.00. The van der Waals surface area contributed by atoms with Crippen LogP contribution in [0.2, 0.25) is 10.0 Å². The van der Waals surface area contributed by atoms with Gasteiger partial charge in [0.2, 0.25) is 0 Å². The van der Waals surface area contributed by atoms with Gasteiger partial charge in [0.1, 0.15) is 5.75 Å². The summed E-state index contributed by atoms with van der Waals surface area (Å²) in [5.74, 6) is 0.145. The number of aromatic hydroxyl groups is 1. The number of benzene rings is 3. The first-order valence-electron chi connectivity index (χ1n) is 7.35. The predicted molar refractivity (Wildman–Crippen MR) is 102 cm³/mol. The van der Waals surface area contributed by atoms with E-state index in [9.17, 15) is 5.11 Å². The molecule has 3 aromatic rings. The van der Waals surface area contributed by atoms with Crippen LogP contribution in [0.4, 0.5) is 5.69 Å². The highest BCUT2D eigenvalue weighted by atomic mass is 35.5. The molecule has 0 unspecified atom stereocenters. The van der Waals surface area contributed by atoms with E-state index in [1.54, 1.807) is 23.9 Å². The van der Waals surface area contributed by atoms with Crippen LogP contribution in [0.5, 0.6) is 5.75 Å². The summed E-state index contributed by atoms with van der Waals surface area (Å²) in [6.07, 6.45) is 0. The van der Waals surface area contributed by atoms with Crippen molar-refractivity contribution in [2.45, 2.75) is 16.3 Å². The molecule has 3 rings (SSSR count). The van der Waals surface area contributed by atoms with Crippen molar-refractivity contribution in [3.05, 3.63) is 82.3 Å². The van der Waals surface area contributed by atoms with Crippen LogP contribution >= 0.6 is 35.0 Å². The van der Waals surface area contributed by atoms with E-state index >= 15 is 0 Å². The Kier molecular flexibility index (Phi) is 5.56. The van der Waals surface area contributed by atoms with E-state index in [1.165, 1.54) is 6.07 Å². The molecular weight excluding hydrogens is 361 g/mol. The number of nitrogens with one attached hydrogen (secondary N) is 1. The second-order valence-corrected chi connectivity index (χ2v) is 7.21. The van der Waals surface area contributed by atoms with Gasteiger partial charge in [0.05, 0.1) is 0 Å². The van der Waals surface area contributed by atoms with Gasteiger partial charge in [0.15, 0.2) is 0 Å². The highest BCUT2D eigenvalue weighted by Gasteiger charge is 2.05. The fourth-order valence-electron chi connectivity index (χ4n) is 2.28. The Hall–Kier alpha value is -1.81. The lowest BCUT2D eigenvalue weighted by molar-refractivity contribution is 0.475. The third-order valence-electron chi connectivity index (χ3n) is 3.36. The molecule has 24 heavy (non-hydrogen) atoms. The molecule has 2 nitrogen and oxygen atoms in total. The molecule has 0 aliphatic rings. The molecule has 0 aromatic heterocycles. The molecule has 5 heteroatoms. The topological polar surface area (TPSA) is 32.3 Å². The highest BCUT2D eigenvalue weighted by Crippen LogP contribution is 2.32. The van der Waals surface area contributed by atoms with Crippen LogP contribution in [0.1, 0.15) is 5.56 Å². The maximum Gasteiger partial charge on any atom is 0.119 e. The average molecular weight is 376 g/mol. The van der Waals surface area contributed by atoms with Crippen molar-refractivity contribution in [2.75, 3.05) is 5.32 Å². The Balaban J connectivity index is 1.76. The third-order valence-corrected chi connectivity index (χ3v) is 4.92. The van der Waals surface area contributed by atoms with Crippen molar-refractivity contribution in [3.8, 4) is 5.75 Å². The van der Waals surface area contributed by atoms with Gasteiger partial charge >= 0.3 is 0 Å². The number of phenols is 1. The minimum absolute atomic E-state index is 0.145. The Morgan fingerprint density at radius 3 is 2.50 bits per heavy atom. The van der Waals surface area contributed by atoms with Crippen molar-refractivity contribution in [2.24, 2.45) is 0 Å². The first-order chi connectivity index (χ1) is 11.6. The van der Waals surface area contributed by atoms with Gasteiger partial charge in [-0.3, -0.25) is 0 Å². The van der Waals surface area contributed by atoms with Gasteiger partial charge in [-0.05, 0) is 42.0 Å². The molecule has 0 fully saturated rings. The van der Waals surface area contributed by atoms with Gasteiger partial charge < -0.3 is 10.4 Å². The minimum atomic E-state index is 0.145. The van der Waals surface area contributed by atoms with Crippen LogP contribution in [-0.2, 0) is 6.54 Å². The average Bonchev–Trinajstić information content (AvgIpc) is 2.53. The van der Waals surface area contributed by atoms with E-state index in [0.29, 0.717) is 11.6 Å². The van der Waals surface area contributed by atoms with Gasteiger partial charge in [-0.25, -0.2) is 0 Å². The van der Waals surface area contributed by atoms with Gasteiger partial charge in [-0.15, -0.1) is 0 Å². The number of phenolic OH excluding ortho intramolecular Hbond substituents is 1. The summed E-state index contributed by atoms with van der Waals surface area (Å²) in [6.45, 7) is 0.628. The van der Waals surface area contributed by atoms with Crippen molar-refractivity contribution in [1.29, 1.82) is 0 Å². The summed E-state index contributed by atoms with van der Waals surface area (Å²) >= 11 is 13.7. The van der Waals surface area contributed by atoms with Gasteiger partial charge in [0.25, 0.3) is 0 Å².